The molecule has 0 radical (unpaired) electrons. The van der Waals surface area contributed by atoms with Crippen LogP contribution in [0, 0.1) is 0 Å². The van der Waals surface area contributed by atoms with E-state index in [2.05, 4.69) is 50.0 Å². The second-order valence-corrected chi connectivity index (χ2v) is 6.64. The van der Waals surface area contributed by atoms with E-state index >= 15 is 0 Å². The van der Waals surface area contributed by atoms with Crippen LogP contribution >= 0.6 is 0 Å². The van der Waals surface area contributed by atoms with Crippen molar-refractivity contribution in [1.29, 1.82) is 0 Å². The van der Waals surface area contributed by atoms with Gasteiger partial charge in [-0.25, -0.2) is 4.98 Å². The van der Waals surface area contributed by atoms with Crippen LogP contribution in [0.15, 0.2) is 36.7 Å². The molecule has 2 rings (SSSR count). The Morgan fingerprint density at radius 3 is 2.38 bits per heavy atom. The Bertz CT molecular complexity index is 579. The topological polar surface area (TPSA) is 64.1 Å². The average Bonchev–Trinajstić information content (AvgIpc) is 2.84. The monoisotopic (exact) mass is 287 g/mol. The quantitative estimate of drug-likeness (QED) is 0.908. The van der Waals surface area contributed by atoms with Gasteiger partial charge in [0.05, 0.1) is 12.1 Å². The maximum Gasteiger partial charge on any atom is 0.130 e. The van der Waals surface area contributed by atoms with Gasteiger partial charge in [0, 0.05) is 18.9 Å². The molecule has 0 amide bonds. The first-order chi connectivity index (χ1) is 9.79. The van der Waals surface area contributed by atoms with Crippen molar-refractivity contribution in [2.75, 3.05) is 0 Å². The van der Waals surface area contributed by atoms with Crippen molar-refractivity contribution in [3.8, 4) is 0 Å². The van der Waals surface area contributed by atoms with E-state index in [9.17, 15) is 5.11 Å². The Morgan fingerprint density at radius 1 is 1.24 bits per heavy atom. The molecule has 0 aliphatic heterocycles. The molecule has 4 heteroatoms. The average molecular weight is 287 g/mol. The van der Waals surface area contributed by atoms with Crippen LogP contribution in [-0.2, 0) is 12.0 Å². The summed E-state index contributed by atoms with van der Waals surface area (Å²) >= 11 is 0. The van der Waals surface area contributed by atoms with Gasteiger partial charge in [0.15, 0.2) is 0 Å². The van der Waals surface area contributed by atoms with Crippen molar-refractivity contribution in [3.05, 3.63) is 53.6 Å². The van der Waals surface area contributed by atoms with Gasteiger partial charge in [0.1, 0.15) is 5.82 Å². The fraction of sp³-hybridized carbons (Fsp3) is 0.471. The van der Waals surface area contributed by atoms with Crippen LogP contribution in [0.5, 0.6) is 0 Å². The van der Waals surface area contributed by atoms with Crippen molar-refractivity contribution >= 4 is 0 Å². The van der Waals surface area contributed by atoms with Crippen molar-refractivity contribution < 1.29 is 5.11 Å². The Hall–Kier alpha value is -1.65. The Kier molecular flexibility index (Phi) is 4.49. The van der Waals surface area contributed by atoms with Gasteiger partial charge in [-0.3, -0.25) is 0 Å². The van der Waals surface area contributed by atoms with E-state index in [1.54, 1.807) is 13.1 Å². The molecule has 114 valence electrons. The van der Waals surface area contributed by atoms with E-state index < -0.39 is 6.10 Å². The molecule has 21 heavy (non-hydrogen) atoms. The van der Waals surface area contributed by atoms with Crippen LogP contribution in [-0.4, -0.2) is 20.8 Å². The number of nitrogens with zero attached hydrogens (tertiary/aromatic N) is 2. The number of hydrogen-bond acceptors (Lipinski definition) is 3. The van der Waals surface area contributed by atoms with Crippen molar-refractivity contribution in [2.45, 2.75) is 51.8 Å². The first kappa shape index (κ1) is 15.7. The summed E-state index contributed by atoms with van der Waals surface area (Å²) in [5.74, 6) is 0.777. The summed E-state index contributed by atoms with van der Waals surface area (Å²) in [4.78, 5) is 4.34. The predicted molar refractivity (Wildman–Crippen MR) is 85.1 cm³/mol. The molecular formula is C17H25N3O. The largest absolute Gasteiger partial charge is 0.392 e. The SMILES string of the molecule is CC(O)Cn1ccnc1C(N)c1ccc(C(C)(C)C)cc1. The second-order valence-electron chi connectivity index (χ2n) is 6.64. The summed E-state index contributed by atoms with van der Waals surface area (Å²) < 4.78 is 1.91. The molecule has 1 aromatic heterocycles. The molecule has 2 unspecified atom stereocenters. The van der Waals surface area contributed by atoms with Gasteiger partial charge in [-0.05, 0) is 23.5 Å². The molecule has 0 saturated carbocycles. The predicted octanol–water partition coefficient (Wildman–Crippen LogP) is 2.61. The number of nitrogens with two attached hydrogens (primary N) is 1. The highest BCUT2D eigenvalue weighted by atomic mass is 16.3. The summed E-state index contributed by atoms with van der Waals surface area (Å²) in [5, 5.41) is 9.54. The summed E-state index contributed by atoms with van der Waals surface area (Å²) in [6, 6.07) is 8.08. The van der Waals surface area contributed by atoms with Gasteiger partial charge in [0.2, 0.25) is 0 Å². The lowest BCUT2D eigenvalue weighted by atomic mass is 9.86. The zero-order valence-corrected chi connectivity index (χ0v) is 13.2. The third kappa shape index (κ3) is 3.71. The molecule has 0 aliphatic rings. The molecule has 4 nitrogen and oxygen atoms in total. The minimum Gasteiger partial charge on any atom is -0.392 e. The van der Waals surface area contributed by atoms with Crippen LogP contribution in [0.25, 0.3) is 0 Å². The molecule has 1 heterocycles. The second kappa shape index (κ2) is 6.00. The summed E-state index contributed by atoms with van der Waals surface area (Å²) in [7, 11) is 0. The van der Waals surface area contributed by atoms with Crippen molar-refractivity contribution in [2.24, 2.45) is 5.73 Å². The number of aromatic nitrogens is 2. The zero-order chi connectivity index (χ0) is 15.6. The lowest BCUT2D eigenvalue weighted by Gasteiger charge is -2.20. The molecule has 0 spiro atoms. The summed E-state index contributed by atoms with van der Waals surface area (Å²) in [6.45, 7) is 8.84. The molecule has 0 aliphatic carbocycles. The van der Waals surface area contributed by atoms with E-state index in [0.717, 1.165) is 11.4 Å². The van der Waals surface area contributed by atoms with Crippen LogP contribution < -0.4 is 5.73 Å². The molecular weight excluding hydrogens is 262 g/mol. The number of aliphatic hydroxyl groups excluding tert-OH is 1. The first-order valence-corrected chi connectivity index (χ1v) is 7.34. The van der Waals surface area contributed by atoms with E-state index in [0.29, 0.717) is 6.54 Å². The summed E-state index contributed by atoms with van der Waals surface area (Å²) in [5.41, 5.74) is 8.78. The van der Waals surface area contributed by atoms with Crippen LogP contribution in [0.2, 0.25) is 0 Å². The lowest BCUT2D eigenvalue weighted by Crippen LogP contribution is -2.21. The number of aliphatic hydroxyl groups is 1. The number of hydrogen-bond donors (Lipinski definition) is 2. The fourth-order valence-corrected chi connectivity index (χ4v) is 2.38. The zero-order valence-electron chi connectivity index (χ0n) is 13.2. The Labute approximate surface area is 126 Å². The first-order valence-electron chi connectivity index (χ1n) is 7.34. The highest BCUT2D eigenvalue weighted by Crippen LogP contribution is 2.25. The minimum absolute atomic E-state index is 0.132. The lowest BCUT2D eigenvalue weighted by molar-refractivity contribution is 0.172. The maximum atomic E-state index is 9.54. The smallest absolute Gasteiger partial charge is 0.130 e. The fourth-order valence-electron chi connectivity index (χ4n) is 2.38. The van der Waals surface area contributed by atoms with Gasteiger partial charge in [-0.15, -0.1) is 0 Å². The van der Waals surface area contributed by atoms with Gasteiger partial charge < -0.3 is 15.4 Å². The number of imidazole rings is 1. The Morgan fingerprint density at radius 2 is 1.86 bits per heavy atom. The van der Waals surface area contributed by atoms with Gasteiger partial charge in [-0.2, -0.15) is 0 Å². The number of benzene rings is 1. The van der Waals surface area contributed by atoms with Gasteiger partial charge in [0.25, 0.3) is 0 Å². The molecule has 3 N–H and O–H groups in total. The standard InChI is InChI=1S/C17H25N3O/c1-12(21)11-20-10-9-19-16(20)15(18)13-5-7-14(8-6-13)17(2,3)4/h5-10,12,15,21H,11,18H2,1-4H3. The Balaban J connectivity index is 2.24. The minimum atomic E-state index is -0.423. The van der Waals surface area contributed by atoms with Crippen molar-refractivity contribution in [3.63, 3.8) is 0 Å². The molecule has 0 bridgehead atoms. The normalized spacial score (nSPS) is 15.0. The summed E-state index contributed by atoms with van der Waals surface area (Å²) in [6.07, 6.45) is 3.15. The highest BCUT2D eigenvalue weighted by molar-refractivity contribution is 5.31. The molecule has 0 saturated heterocycles. The highest BCUT2D eigenvalue weighted by Gasteiger charge is 2.18. The molecule has 2 atom stereocenters. The molecule has 1 aromatic carbocycles. The van der Waals surface area contributed by atoms with Gasteiger partial charge >= 0.3 is 0 Å². The van der Waals surface area contributed by atoms with E-state index in [1.165, 1.54) is 5.56 Å². The number of rotatable bonds is 4. The van der Waals surface area contributed by atoms with Crippen LogP contribution in [0.4, 0.5) is 0 Å². The van der Waals surface area contributed by atoms with E-state index in [-0.39, 0.29) is 11.5 Å². The molecule has 0 fully saturated rings. The maximum absolute atomic E-state index is 9.54. The third-order valence-corrected chi connectivity index (χ3v) is 3.62. The molecule has 2 aromatic rings. The van der Waals surface area contributed by atoms with Gasteiger partial charge in [-0.1, -0.05) is 45.0 Å². The van der Waals surface area contributed by atoms with Crippen LogP contribution in [0.1, 0.15) is 50.7 Å². The third-order valence-electron chi connectivity index (χ3n) is 3.62. The van der Waals surface area contributed by atoms with Crippen LogP contribution in [0.3, 0.4) is 0 Å². The van der Waals surface area contributed by atoms with E-state index in [4.69, 9.17) is 5.73 Å². The van der Waals surface area contributed by atoms with E-state index in [1.807, 2.05) is 10.8 Å². The van der Waals surface area contributed by atoms with Crippen molar-refractivity contribution in [1.82, 2.24) is 9.55 Å².